The zero-order valence-electron chi connectivity index (χ0n) is 11.7. The van der Waals surface area contributed by atoms with E-state index in [0.717, 1.165) is 5.75 Å². The fourth-order valence-electron chi connectivity index (χ4n) is 1.92. The van der Waals surface area contributed by atoms with Crippen LogP contribution >= 0.6 is 24.2 Å². The first-order valence-electron chi connectivity index (χ1n) is 6.85. The zero-order chi connectivity index (χ0) is 13.7. The predicted octanol–water partition coefficient (Wildman–Crippen LogP) is 2.58. The Morgan fingerprint density at radius 3 is 2.65 bits per heavy atom. The molecule has 0 saturated heterocycles. The van der Waals surface area contributed by atoms with Gasteiger partial charge in [0.2, 0.25) is 5.91 Å². The van der Waals surface area contributed by atoms with Crippen LogP contribution in [0, 0.1) is 5.92 Å². The van der Waals surface area contributed by atoms with E-state index >= 15 is 0 Å². The summed E-state index contributed by atoms with van der Waals surface area (Å²) >= 11 is 1.66. The molecule has 0 bridgehead atoms. The summed E-state index contributed by atoms with van der Waals surface area (Å²) in [5.41, 5.74) is 7.22. The number of carbonyl (C=O) groups is 1. The number of hydrogen-bond donors (Lipinski definition) is 2. The minimum Gasteiger partial charge on any atom is -0.354 e. The Morgan fingerprint density at radius 2 is 2.05 bits per heavy atom. The smallest absolute Gasteiger partial charge is 0.232 e. The largest absolute Gasteiger partial charge is 0.354 e. The number of halogens is 1. The highest BCUT2D eigenvalue weighted by molar-refractivity contribution is 7.99. The average Bonchev–Trinajstić information content (AvgIpc) is 3.27. The highest BCUT2D eigenvalue weighted by atomic mass is 35.5. The number of nitrogens with one attached hydrogen (secondary N) is 1. The van der Waals surface area contributed by atoms with Crippen LogP contribution in [0.5, 0.6) is 0 Å². The van der Waals surface area contributed by atoms with Crippen LogP contribution in [0.4, 0.5) is 0 Å². The van der Waals surface area contributed by atoms with Gasteiger partial charge in [0.1, 0.15) is 0 Å². The molecule has 3 nitrogen and oxygen atoms in total. The second-order valence-corrected chi connectivity index (χ2v) is 6.51. The van der Waals surface area contributed by atoms with E-state index in [9.17, 15) is 4.79 Å². The first-order chi connectivity index (χ1) is 9.16. The Bertz CT molecular complexity index is 412. The van der Waals surface area contributed by atoms with Crippen molar-refractivity contribution in [3.05, 3.63) is 35.9 Å². The van der Waals surface area contributed by atoms with Gasteiger partial charge in [0, 0.05) is 18.3 Å². The van der Waals surface area contributed by atoms with Crippen molar-refractivity contribution < 1.29 is 4.79 Å². The van der Waals surface area contributed by atoms with Gasteiger partial charge in [-0.1, -0.05) is 30.3 Å². The van der Waals surface area contributed by atoms with Gasteiger partial charge in [0.25, 0.3) is 0 Å². The Hall–Kier alpha value is -0.710. The molecule has 2 unspecified atom stereocenters. The maximum absolute atomic E-state index is 11.9. The van der Waals surface area contributed by atoms with Gasteiger partial charge in [0.15, 0.2) is 0 Å². The summed E-state index contributed by atoms with van der Waals surface area (Å²) in [5, 5.41) is 2.92. The Balaban J connectivity index is 0.00000200. The number of carbonyl (C=O) groups excluding carboxylic acids is 1. The fraction of sp³-hybridized carbons (Fsp3) is 0.533. The second kappa shape index (κ2) is 8.55. The van der Waals surface area contributed by atoms with Crippen LogP contribution in [0.1, 0.15) is 25.3 Å². The summed E-state index contributed by atoms with van der Waals surface area (Å²) in [6.07, 6.45) is 2.44. The fourth-order valence-corrected chi connectivity index (χ4v) is 2.79. The first-order valence-corrected chi connectivity index (χ1v) is 7.90. The molecule has 1 aliphatic carbocycles. The van der Waals surface area contributed by atoms with E-state index < -0.39 is 0 Å². The summed E-state index contributed by atoms with van der Waals surface area (Å²) in [4.78, 5) is 11.9. The highest BCUT2D eigenvalue weighted by Gasteiger charge is 2.28. The van der Waals surface area contributed by atoms with E-state index in [1.165, 1.54) is 18.4 Å². The molecule has 1 fully saturated rings. The molecule has 0 aliphatic heterocycles. The SMILES string of the molecule is CC(SCc1ccccc1)C(=O)NCC(N)C1CC1.Cl. The lowest BCUT2D eigenvalue weighted by Gasteiger charge is -2.15. The first kappa shape index (κ1) is 17.3. The Morgan fingerprint density at radius 1 is 1.40 bits per heavy atom. The van der Waals surface area contributed by atoms with Gasteiger partial charge < -0.3 is 11.1 Å². The molecule has 20 heavy (non-hydrogen) atoms. The molecule has 112 valence electrons. The number of rotatable bonds is 7. The third-order valence-electron chi connectivity index (χ3n) is 3.45. The zero-order valence-corrected chi connectivity index (χ0v) is 13.4. The molecule has 0 aromatic heterocycles. The van der Waals surface area contributed by atoms with E-state index in [-0.39, 0.29) is 29.6 Å². The monoisotopic (exact) mass is 314 g/mol. The molecule has 1 aromatic carbocycles. The molecule has 5 heteroatoms. The van der Waals surface area contributed by atoms with Gasteiger partial charge in [-0.25, -0.2) is 0 Å². The Kier molecular flexibility index (Phi) is 7.41. The minimum absolute atomic E-state index is 0. The van der Waals surface area contributed by atoms with Crippen LogP contribution in [-0.2, 0) is 10.5 Å². The van der Waals surface area contributed by atoms with Crippen molar-refractivity contribution in [1.82, 2.24) is 5.32 Å². The van der Waals surface area contributed by atoms with Crippen LogP contribution in [0.2, 0.25) is 0 Å². The van der Waals surface area contributed by atoms with Crippen molar-refractivity contribution in [1.29, 1.82) is 0 Å². The maximum atomic E-state index is 11.9. The van der Waals surface area contributed by atoms with E-state index in [1.54, 1.807) is 11.8 Å². The summed E-state index contributed by atoms with van der Waals surface area (Å²) in [7, 11) is 0. The van der Waals surface area contributed by atoms with Crippen molar-refractivity contribution in [2.24, 2.45) is 11.7 Å². The number of amides is 1. The topological polar surface area (TPSA) is 55.1 Å². The van der Waals surface area contributed by atoms with Crippen molar-refractivity contribution in [3.8, 4) is 0 Å². The van der Waals surface area contributed by atoms with Crippen LogP contribution in [0.25, 0.3) is 0 Å². The second-order valence-electron chi connectivity index (χ2n) is 5.19. The number of benzene rings is 1. The maximum Gasteiger partial charge on any atom is 0.232 e. The molecule has 1 saturated carbocycles. The average molecular weight is 315 g/mol. The summed E-state index contributed by atoms with van der Waals surface area (Å²) in [6, 6.07) is 10.4. The predicted molar refractivity (Wildman–Crippen MR) is 88.2 cm³/mol. The minimum atomic E-state index is -0.0355. The molecular weight excluding hydrogens is 292 g/mol. The van der Waals surface area contributed by atoms with Gasteiger partial charge in [-0.05, 0) is 31.2 Å². The van der Waals surface area contributed by atoms with Gasteiger partial charge in [-0.2, -0.15) is 0 Å². The van der Waals surface area contributed by atoms with E-state index in [4.69, 9.17) is 5.73 Å². The lowest BCUT2D eigenvalue weighted by molar-refractivity contribution is -0.120. The standard InChI is InChI=1S/C15H22N2OS.ClH/c1-11(19-10-12-5-3-2-4-6-12)15(18)17-9-14(16)13-7-8-13;/h2-6,11,13-14H,7-10,16H2,1H3,(H,17,18);1H. The normalized spacial score (nSPS) is 16.9. The van der Waals surface area contributed by atoms with Crippen molar-refractivity contribution in [2.75, 3.05) is 6.54 Å². The van der Waals surface area contributed by atoms with E-state index in [0.29, 0.717) is 12.5 Å². The van der Waals surface area contributed by atoms with Gasteiger partial charge in [-0.3, -0.25) is 4.79 Å². The van der Waals surface area contributed by atoms with Crippen molar-refractivity contribution in [3.63, 3.8) is 0 Å². The van der Waals surface area contributed by atoms with Crippen molar-refractivity contribution >= 4 is 30.1 Å². The molecule has 2 atom stereocenters. The lowest BCUT2D eigenvalue weighted by atomic mass is 10.2. The highest BCUT2D eigenvalue weighted by Crippen LogP contribution is 2.31. The third kappa shape index (κ3) is 5.73. The molecule has 1 amide bonds. The van der Waals surface area contributed by atoms with Gasteiger partial charge >= 0.3 is 0 Å². The number of hydrogen-bond acceptors (Lipinski definition) is 3. The van der Waals surface area contributed by atoms with Crippen LogP contribution in [-0.4, -0.2) is 23.7 Å². The van der Waals surface area contributed by atoms with Crippen molar-refractivity contribution in [2.45, 2.75) is 36.8 Å². The van der Waals surface area contributed by atoms with Crippen LogP contribution in [0.15, 0.2) is 30.3 Å². The molecule has 2 rings (SSSR count). The summed E-state index contributed by atoms with van der Waals surface area (Å²) < 4.78 is 0. The molecule has 1 aromatic rings. The molecule has 0 spiro atoms. The molecule has 0 heterocycles. The molecule has 3 N–H and O–H groups in total. The van der Waals surface area contributed by atoms with Crippen LogP contribution < -0.4 is 11.1 Å². The lowest BCUT2D eigenvalue weighted by Crippen LogP contribution is -2.41. The van der Waals surface area contributed by atoms with Gasteiger partial charge in [-0.15, -0.1) is 24.2 Å². The number of thioether (sulfide) groups is 1. The third-order valence-corrected chi connectivity index (χ3v) is 4.67. The Labute approximate surface area is 131 Å². The molecule has 1 aliphatic rings. The molecule has 0 radical (unpaired) electrons. The summed E-state index contributed by atoms with van der Waals surface area (Å²) in [5.74, 6) is 1.59. The quantitative estimate of drug-likeness (QED) is 0.813. The van der Waals surface area contributed by atoms with E-state index in [1.807, 2.05) is 25.1 Å². The summed E-state index contributed by atoms with van der Waals surface area (Å²) in [6.45, 7) is 2.56. The molecular formula is C15H23ClN2OS. The van der Waals surface area contributed by atoms with Crippen LogP contribution in [0.3, 0.4) is 0 Å². The van der Waals surface area contributed by atoms with Gasteiger partial charge in [0.05, 0.1) is 5.25 Å². The van der Waals surface area contributed by atoms with E-state index in [2.05, 4.69) is 17.4 Å². The number of nitrogens with two attached hydrogens (primary N) is 1.